The van der Waals surface area contributed by atoms with E-state index in [9.17, 15) is 0 Å². The highest BCUT2D eigenvalue weighted by atomic mass is 28.4. The van der Waals surface area contributed by atoms with Crippen molar-refractivity contribution in [1.82, 2.24) is 0 Å². The molecule has 54 valence electrons. The van der Waals surface area contributed by atoms with Gasteiger partial charge in [0.1, 0.15) is 0 Å². The van der Waals surface area contributed by atoms with Crippen molar-refractivity contribution in [2.75, 3.05) is 0 Å². The van der Waals surface area contributed by atoms with E-state index in [0.29, 0.717) is 0 Å². The largest absolute Gasteiger partial charge is 0.668 e. The van der Waals surface area contributed by atoms with Gasteiger partial charge in [-0.05, 0) is 0 Å². The quantitative estimate of drug-likeness (QED) is 0.270. The van der Waals surface area contributed by atoms with Crippen LogP contribution in [0.15, 0.2) is 0 Å². The summed E-state index contributed by atoms with van der Waals surface area (Å²) in [5, 5.41) is 0. The molecule has 0 rings (SSSR count). The zero-order valence-corrected chi connectivity index (χ0v) is 4.20. The molecule has 0 saturated heterocycles. The molecule has 0 radical (unpaired) electrons. The van der Waals surface area contributed by atoms with E-state index < -0.39 is 9.05 Å². The van der Waals surface area contributed by atoms with Crippen LogP contribution in [0.25, 0.3) is 0 Å². The van der Waals surface area contributed by atoms with E-state index in [0.717, 1.165) is 0 Å². The Labute approximate surface area is 56.5 Å². The molecule has 5 nitrogen and oxygen atoms in total. The SMILES string of the molecule is F.O.O[Si](O)(O)O.[AlH3]. The Morgan fingerprint density at radius 2 is 0.875 bits per heavy atom. The zero-order valence-electron chi connectivity index (χ0n) is 3.20. The fourth-order valence-electron chi connectivity index (χ4n) is 0. The lowest BCUT2D eigenvalue weighted by atomic mass is 15.7. The lowest BCUT2D eigenvalue weighted by Crippen LogP contribution is -2.33. The van der Waals surface area contributed by atoms with Gasteiger partial charge >= 0.3 is 9.05 Å². The van der Waals surface area contributed by atoms with E-state index in [2.05, 4.69) is 0 Å². The highest BCUT2D eigenvalue weighted by Crippen LogP contribution is 1.67. The van der Waals surface area contributed by atoms with Crippen LogP contribution in [-0.4, -0.2) is 51.1 Å². The van der Waals surface area contributed by atoms with Crippen molar-refractivity contribution in [2.45, 2.75) is 0 Å². The molecule has 0 spiro atoms. The average molecular weight is 164 g/mol. The third kappa shape index (κ3) is 847. The number of rotatable bonds is 0. The average Bonchev–Trinajstić information content (AvgIpc) is 0.722. The van der Waals surface area contributed by atoms with Crippen LogP contribution in [0.2, 0.25) is 0 Å². The minimum Gasteiger partial charge on any atom is -0.412 e. The third-order valence-corrected chi connectivity index (χ3v) is 0. The number of hydrogen-bond acceptors (Lipinski definition) is 4. The topological polar surface area (TPSA) is 112 Å². The van der Waals surface area contributed by atoms with Gasteiger partial charge in [-0.3, -0.25) is 4.70 Å². The first-order valence-electron chi connectivity index (χ1n) is 0.894. The maximum Gasteiger partial charge on any atom is 0.668 e. The minimum absolute atomic E-state index is 0. The normalized spacial score (nSPS) is 7.50. The van der Waals surface area contributed by atoms with Gasteiger partial charge in [0.25, 0.3) is 0 Å². The summed E-state index contributed by atoms with van der Waals surface area (Å²) in [4.78, 5) is 29.3. The van der Waals surface area contributed by atoms with Crippen molar-refractivity contribution in [3.8, 4) is 0 Å². The fourth-order valence-corrected chi connectivity index (χ4v) is 0. The van der Waals surface area contributed by atoms with Crippen molar-refractivity contribution < 1.29 is 29.4 Å². The predicted octanol–water partition coefficient (Wildman–Crippen LogP) is -4.46. The molecule has 0 bridgehead atoms. The third-order valence-electron chi connectivity index (χ3n) is 0. The second-order valence-corrected chi connectivity index (χ2v) is 1.80. The van der Waals surface area contributed by atoms with E-state index in [4.69, 9.17) is 19.2 Å². The van der Waals surface area contributed by atoms with Crippen LogP contribution in [0, 0.1) is 0 Å². The second-order valence-electron chi connectivity index (χ2n) is 0.600. The van der Waals surface area contributed by atoms with Gasteiger partial charge < -0.3 is 24.7 Å². The Morgan fingerprint density at radius 3 is 0.875 bits per heavy atom. The highest BCUT2D eigenvalue weighted by Gasteiger charge is 2.22. The number of hydrogen-bond donors (Lipinski definition) is 4. The second kappa shape index (κ2) is 7.48. The summed E-state index contributed by atoms with van der Waals surface area (Å²) in [6, 6.07) is 0. The van der Waals surface area contributed by atoms with E-state index in [1.807, 2.05) is 0 Å². The summed E-state index contributed by atoms with van der Waals surface area (Å²) in [5.74, 6) is 0. The first-order chi connectivity index (χ1) is 2.00. The van der Waals surface area contributed by atoms with Gasteiger partial charge in [0.2, 0.25) is 0 Å². The van der Waals surface area contributed by atoms with Gasteiger partial charge in [0.05, 0.1) is 0 Å². The molecule has 0 aromatic heterocycles. The molecule has 6 N–H and O–H groups in total. The molecule has 0 aliphatic carbocycles. The van der Waals surface area contributed by atoms with Crippen molar-refractivity contribution in [2.24, 2.45) is 0 Å². The first kappa shape index (κ1) is 23.6. The summed E-state index contributed by atoms with van der Waals surface area (Å²) in [6.07, 6.45) is 0. The standard InChI is InChI=1S/Al.FH.H4O4Si.H2O.3H/c;;1-5(2,3)4;;;;/h;1H;1-4H;1H2;;;. The molecular formula is H10AlFO5Si. The maximum absolute atomic E-state index is 7.33. The lowest BCUT2D eigenvalue weighted by molar-refractivity contribution is 0.117. The van der Waals surface area contributed by atoms with Gasteiger partial charge in [-0.2, -0.15) is 0 Å². The van der Waals surface area contributed by atoms with Crippen LogP contribution in [0.1, 0.15) is 0 Å². The molecule has 0 amide bonds. The molecule has 8 heavy (non-hydrogen) atoms. The minimum atomic E-state index is -4.61. The Bertz CT molecular complexity index is 27.9. The highest BCUT2D eigenvalue weighted by molar-refractivity contribution is 6.46. The van der Waals surface area contributed by atoms with Crippen molar-refractivity contribution in [3.05, 3.63) is 0 Å². The van der Waals surface area contributed by atoms with E-state index in [1.165, 1.54) is 0 Å². The molecule has 0 aromatic carbocycles. The Kier molecular flexibility index (Phi) is 22.1. The molecule has 0 saturated carbocycles. The lowest BCUT2D eigenvalue weighted by Gasteiger charge is -1.91. The monoisotopic (exact) mass is 164 g/mol. The van der Waals surface area contributed by atoms with Crippen molar-refractivity contribution in [3.63, 3.8) is 0 Å². The summed E-state index contributed by atoms with van der Waals surface area (Å²) in [5.41, 5.74) is 0. The fraction of sp³-hybridized carbons (Fsp3) is 0. The summed E-state index contributed by atoms with van der Waals surface area (Å²) < 4.78 is 0. The number of halogens is 1. The molecule has 0 aliphatic rings. The first-order valence-corrected chi connectivity index (χ1v) is 2.68. The molecule has 0 unspecified atom stereocenters. The molecular weight excluding hydrogens is 154 g/mol. The maximum atomic E-state index is 7.33. The summed E-state index contributed by atoms with van der Waals surface area (Å²) >= 11 is 0. The van der Waals surface area contributed by atoms with Crippen molar-refractivity contribution >= 4 is 26.4 Å². The van der Waals surface area contributed by atoms with Gasteiger partial charge in [0.15, 0.2) is 17.4 Å². The van der Waals surface area contributed by atoms with Gasteiger partial charge in [-0.15, -0.1) is 0 Å². The predicted molar refractivity (Wildman–Crippen MR) is 30.7 cm³/mol. The molecule has 0 aliphatic heterocycles. The van der Waals surface area contributed by atoms with Crippen LogP contribution in [0.4, 0.5) is 4.70 Å². The summed E-state index contributed by atoms with van der Waals surface area (Å²) in [6.45, 7) is 0. The van der Waals surface area contributed by atoms with Gasteiger partial charge in [-0.25, -0.2) is 0 Å². The summed E-state index contributed by atoms with van der Waals surface area (Å²) in [7, 11) is -4.61. The van der Waals surface area contributed by atoms with E-state index in [1.54, 1.807) is 0 Å². The smallest absolute Gasteiger partial charge is 0.412 e. The van der Waals surface area contributed by atoms with Gasteiger partial charge in [-0.1, -0.05) is 0 Å². The molecule has 8 heteroatoms. The molecule has 0 aromatic rings. The Balaban J connectivity index is -0.0000000267. The van der Waals surface area contributed by atoms with Crippen LogP contribution >= 0.6 is 0 Å². The molecule has 0 heterocycles. The zero-order chi connectivity index (χ0) is 4.50. The van der Waals surface area contributed by atoms with E-state index >= 15 is 0 Å². The van der Waals surface area contributed by atoms with Crippen LogP contribution < -0.4 is 0 Å². The molecule has 0 fully saturated rings. The van der Waals surface area contributed by atoms with E-state index in [-0.39, 0.29) is 27.5 Å². The van der Waals surface area contributed by atoms with Crippen LogP contribution in [0.3, 0.4) is 0 Å². The Hall–Kier alpha value is 0.479. The van der Waals surface area contributed by atoms with Crippen LogP contribution in [-0.2, 0) is 0 Å². The van der Waals surface area contributed by atoms with Crippen molar-refractivity contribution in [1.29, 1.82) is 0 Å². The Morgan fingerprint density at radius 1 is 0.875 bits per heavy atom. The molecule has 0 atom stereocenters. The van der Waals surface area contributed by atoms with Gasteiger partial charge in [0, 0.05) is 0 Å². The van der Waals surface area contributed by atoms with Crippen LogP contribution in [0.5, 0.6) is 0 Å².